The summed E-state index contributed by atoms with van der Waals surface area (Å²) in [6, 6.07) is 12.0. The van der Waals surface area contributed by atoms with Crippen molar-refractivity contribution in [1.29, 1.82) is 0 Å². The van der Waals surface area contributed by atoms with Gasteiger partial charge in [0.2, 0.25) is 0 Å². The number of alkyl halides is 3. The van der Waals surface area contributed by atoms with E-state index in [0.717, 1.165) is 10.7 Å². The topological polar surface area (TPSA) is 68.5 Å². The normalized spacial score (nSPS) is 11.8. The molecule has 142 valence electrons. The van der Waals surface area contributed by atoms with E-state index < -0.39 is 11.7 Å². The number of hydrogen-bond donors (Lipinski definition) is 1. The van der Waals surface area contributed by atoms with E-state index in [0.29, 0.717) is 10.8 Å². The zero-order valence-corrected chi connectivity index (χ0v) is 15.0. The lowest BCUT2D eigenvalue weighted by molar-refractivity contribution is -0.137. The molecule has 0 spiro atoms. The third-order valence-electron chi connectivity index (χ3n) is 4.25. The molecule has 6 nitrogen and oxygen atoms in total. The lowest BCUT2D eigenvalue weighted by atomic mass is 10.1. The number of para-hydroxylation sites is 1. The van der Waals surface area contributed by atoms with Crippen LogP contribution >= 0.6 is 12.2 Å². The van der Waals surface area contributed by atoms with Crippen molar-refractivity contribution in [3.05, 3.63) is 81.2 Å². The van der Waals surface area contributed by atoms with Gasteiger partial charge < -0.3 is 0 Å². The van der Waals surface area contributed by atoms with Gasteiger partial charge in [0.05, 0.1) is 22.8 Å². The number of nitrogens with one attached hydrogen (secondary N) is 1. The van der Waals surface area contributed by atoms with Crippen LogP contribution in [0.5, 0.6) is 0 Å². The maximum atomic E-state index is 13.4. The standard InChI is InChI=1S/C18H12F3N5OS/c19-18(20,21)13-7-3-4-8-14(13)26-15(23-24-17(26)28)10-25-16(27)12-6-2-1-5-11(12)9-22-25/h1-9H,10H2,(H,24,28). The Morgan fingerprint density at radius 1 is 1.07 bits per heavy atom. The molecular formula is C18H12F3N5OS. The van der Waals surface area contributed by atoms with Crippen molar-refractivity contribution in [3.8, 4) is 5.69 Å². The predicted molar refractivity (Wildman–Crippen MR) is 98.9 cm³/mol. The molecule has 0 radical (unpaired) electrons. The highest BCUT2D eigenvalue weighted by Crippen LogP contribution is 2.34. The van der Waals surface area contributed by atoms with Gasteiger partial charge in [-0.2, -0.15) is 23.4 Å². The minimum absolute atomic E-state index is 0.0134. The Morgan fingerprint density at radius 3 is 2.57 bits per heavy atom. The lowest BCUT2D eigenvalue weighted by Crippen LogP contribution is -2.25. The molecule has 4 rings (SSSR count). The molecule has 2 heterocycles. The predicted octanol–water partition coefficient (Wildman–Crippen LogP) is 3.71. The second-order valence-electron chi connectivity index (χ2n) is 5.99. The van der Waals surface area contributed by atoms with E-state index in [-0.39, 0.29) is 28.4 Å². The van der Waals surface area contributed by atoms with Crippen LogP contribution in [0.4, 0.5) is 13.2 Å². The molecule has 0 saturated heterocycles. The van der Waals surface area contributed by atoms with Crippen molar-refractivity contribution >= 4 is 23.0 Å². The third-order valence-corrected chi connectivity index (χ3v) is 4.52. The van der Waals surface area contributed by atoms with Crippen molar-refractivity contribution in [2.24, 2.45) is 0 Å². The van der Waals surface area contributed by atoms with Crippen LogP contribution in [0.3, 0.4) is 0 Å². The van der Waals surface area contributed by atoms with Crippen molar-refractivity contribution in [1.82, 2.24) is 24.5 Å². The van der Waals surface area contributed by atoms with Gasteiger partial charge in [-0.05, 0) is 30.4 Å². The van der Waals surface area contributed by atoms with Gasteiger partial charge in [-0.1, -0.05) is 30.3 Å². The van der Waals surface area contributed by atoms with E-state index in [9.17, 15) is 18.0 Å². The van der Waals surface area contributed by atoms with Gasteiger partial charge in [-0.3, -0.25) is 14.5 Å². The molecule has 0 unspecified atom stereocenters. The molecule has 0 aliphatic heterocycles. The van der Waals surface area contributed by atoms with Gasteiger partial charge in [0.25, 0.3) is 5.56 Å². The van der Waals surface area contributed by atoms with E-state index >= 15 is 0 Å². The summed E-state index contributed by atoms with van der Waals surface area (Å²) >= 11 is 5.13. The average molecular weight is 403 g/mol. The fraction of sp³-hybridized carbons (Fsp3) is 0.111. The molecular weight excluding hydrogens is 391 g/mol. The summed E-state index contributed by atoms with van der Waals surface area (Å²) in [5.74, 6) is 0.131. The fourth-order valence-electron chi connectivity index (χ4n) is 2.97. The number of aromatic amines is 1. The van der Waals surface area contributed by atoms with E-state index in [1.54, 1.807) is 24.3 Å². The van der Waals surface area contributed by atoms with Crippen molar-refractivity contribution < 1.29 is 13.2 Å². The minimum Gasteiger partial charge on any atom is -0.270 e. The van der Waals surface area contributed by atoms with Crippen LogP contribution in [-0.4, -0.2) is 24.5 Å². The summed E-state index contributed by atoms with van der Waals surface area (Å²) in [7, 11) is 0. The summed E-state index contributed by atoms with van der Waals surface area (Å²) in [6.07, 6.45) is -3.05. The first-order valence-electron chi connectivity index (χ1n) is 8.14. The summed E-state index contributed by atoms with van der Waals surface area (Å²) in [4.78, 5) is 12.7. The molecule has 10 heteroatoms. The number of halogens is 3. The van der Waals surface area contributed by atoms with Crippen LogP contribution in [0, 0.1) is 4.77 Å². The number of nitrogens with zero attached hydrogens (tertiary/aromatic N) is 4. The molecule has 28 heavy (non-hydrogen) atoms. The van der Waals surface area contributed by atoms with Crippen molar-refractivity contribution in [2.75, 3.05) is 0 Å². The minimum atomic E-state index is -4.57. The zero-order chi connectivity index (χ0) is 19.9. The number of hydrogen-bond acceptors (Lipinski definition) is 4. The molecule has 2 aromatic heterocycles. The van der Waals surface area contributed by atoms with Crippen LogP contribution in [0.25, 0.3) is 16.5 Å². The number of aromatic nitrogens is 5. The van der Waals surface area contributed by atoms with Crippen LogP contribution in [-0.2, 0) is 12.7 Å². The third kappa shape index (κ3) is 3.11. The monoisotopic (exact) mass is 403 g/mol. The Bertz CT molecular complexity index is 1290. The molecule has 0 fully saturated rings. The number of fused-ring (bicyclic) bond motifs is 1. The fourth-order valence-corrected chi connectivity index (χ4v) is 3.22. The molecule has 0 aliphatic carbocycles. The Hall–Kier alpha value is -3.27. The van der Waals surface area contributed by atoms with Crippen LogP contribution < -0.4 is 5.56 Å². The highest BCUT2D eigenvalue weighted by atomic mass is 32.1. The first-order chi connectivity index (χ1) is 13.4. The second-order valence-corrected chi connectivity index (χ2v) is 6.38. The molecule has 4 aromatic rings. The Labute approximate surface area is 160 Å². The molecule has 2 aromatic carbocycles. The van der Waals surface area contributed by atoms with Gasteiger partial charge >= 0.3 is 6.18 Å². The quantitative estimate of drug-likeness (QED) is 0.530. The molecule has 0 saturated carbocycles. The van der Waals surface area contributed by atoms with Crippen LogP contribution in [0.2, 0.25) is 0 Å². The van der Waals surface area contributed by atoms with Crippen molar-refractivity contribution in [2.45, 2.75) is 12.7 Å². The van der Waals surface area contributed by atoms with Crippen LogP contribution in [0.1, 0.15) is 11.4 Å². The molecule has 1 N–H and O–H groups in total. The number of benzene rings is 2. The van der Waals surface area contributed by atoms with E-state index in [1.807, 2.05) is 0 Å². The molecule has 0 aliphatic rings. The summed E-state index contributed by atoms with van der Waals surface area (Å²) in [5.41, 5.74) is -1.40. The SMILES string of the molecule is O=c1c2ccccc2cnn1Cc1n[nH]c(=S)n1-c1ccccc1C(F)(F)F. The van der Waals surface area contributed by atoms with E-state index in [4.69, 9.17) is 12.2 Å². The molecule has 0 atom stereocenters. The molecule has 0 bridgehead atoms. The second kappa shape index (κ2) is 6.71. The zero-order valence-electron chi connectivity index (χ0n) is 14.1. The van der Waals surface area contributed by atoms with Crippen LogP contribution in [0.15, 0.2) is 59.5 Å². The summed E-state index contributed by atoms with van der Waals surface area (Å²) < 4.78 is 42.6. The van der Waals surface area contributed by atoms with Gasteiger partial charge in [0.15, 0.2) is 10.6 Å². The highest BCUT2D eigenvalue weighted by Gasteiger charge is 2.34. The Morgan fingerprint density at radius 2 is 1.79 bits per heavy atom. The van der Waals surface area contributed by atoms with Gasteiger partial charge in [0.1, 0.15) is 6.54 Å². The molecule has 0 amide bonds. The smallest absolute Gasteiger partial charge is 0.270 e. The number of H-pyrrole nitrogens is 1. The maximum Gasteiger partial charge on any atom is 0.418 e. The lowest BCUT2D eigenvalue weighted by Gasteiger charge is -2.15. The Kier molecular flexibility index (Phi) is 4.34. The van der Waals surface area contributed by atoms with Gasteiger partial charge in [-0.15, -0.1) is 0 Å². The Balaban J connectivity index is 1.85. The maximum absolute atomic E-state index is 13.4. The van der Waals surface area contributed by atoms with Gasteiger partial charge in [-0.25, -0.2) is 4.68 Å². The highest BCUT2D eigenvalue weighted by molar-refractivity contribution is 7.71. The average Bonchev–Trinajstić information content (AvgIpc) is 3.03. The largest absolute Gasteiger partial charge is 0.418 e. The van der Waals surface area contributed by atoms with E-state index in [2.05, 4.69) is 15.3 Å². The number of rotatable bonds is 3. The first kappa shape index (κ1) is 18.1. The summed E-state index contributed by atoms with van der Waals surface area (Å²) in [6.45, 7) is -0.150. The van der Waals surface area contributed by atoms with Gasteiger partial charge in [0, 0.05) is 5.39 Å². The van der Waals surface area contributed by atoms with Crippen molar-refractivity contribution in [3.63, 3.8) is 0 Å². The first-order valence-corrected chi connectivity index (χ1v) is 8.55. The summed E-state index contributed by atoms with van der Waals surface area (Å²) in [5, 5.41) is 11.7. The van der Waals surface area contributed by atoms with E-state index in [1.165, 1.54) is 29.0 Å².